The van der Waals surface area contributed by atoms with Crippen molar-refractivity contribution in [2.75, 3.05) is 12.3 Å². The van der Waals surface area contributed by atoms with Gasteiger partial charge in [0.25, 0.3) is 0 Å². The quantitative estimate of drug-likeness (QED) is 0.443. The van der Waals surface area contributed by atoms with E-state index < -0.39 is 36.3 Å². The van der Waals surface area contributed by atoms with E-state index in [1.165, 1.54) is 0 Å². The van der Waals surface area contributed by atoms with Crippen molar-refractivity contribution in [1.82, 2.24) is 20.9 Å². The Hall–Kier alpha value is -1.13. The summed E-state index contributed by atoms with van der Waals surface area (Å²) >= 11 is 1.56. The molecule has 0 aromatic carbocycles. The van der Waals surface area contributed by atoms with Crippen molar-refractivity contribution in [3.63, 3.8) is 0 Å². The molecule has 0 radical (unpaired) electrons. The van der Waals surface area contributed by atoms with E-state index in [0.29, 0.717) is 25.7 Å². The smallest absolute Gasteiger partial charge is 0.320 e. The molecule has 5 rings (SSSR count). The van der Waals surface area contributed by atoms with Crippen LogP contribution in [0.1, 0.15) is 52.4 Å². The Labute approximate surface area is 204 Å². The first-order chi connectivity index (χ1) is 16.3. The standard InChI is InChI=1S/C24H38F2N4O3S/c1-11(2)21-22-18(6-7-27-21)34-10-19(31)28-16-5-3-4-14(25)20(16)12-9-17-13(8-15(12)26)23(32)29-24(33)30(17)22/h11-18,20-23,27,32H,3-10H2,1-2H3,(H,28,31)(H,29,33). The minimum atomic E-state index is -1.29. The summed E-state index contributed by atoms with van der Waals surface area (Å²) in [6.07, 6.45) is -0.673. The SMILES string of the molecule is CC(C)C1NCCC2SCC(=O)NC3CCCC(F)C3C3CC4C(CC3F)C(O)NC(=O)N4C21. The molecule has 2 bridgehead atoms. The van der Waals surface area contributed by atoms with Crippen LogP contribution < -0.4 is 16.0 Å². The van der Waals surface area contributed by atoms with Gasteiger partial charge >= 0.3 is 6.03 Å². The van der Waals surface area contributed by atoms with Crippen LogP contribution in [0.4, 0.5) is 13.6 Å². The van der Waals surface area contributed by atoms with E-state index in [1.807, 2.05) is 4.90 Å². The Morgan fingerprint density at radius 1 is 1.06 bits per heavy atom. The van der Waals surface area contributed by atoms with Gasteiger partial charge in [0.05, 0.1) is 11.8 Å². The van der Waals surface area contributed by atoms with Crippen LogP contribution in [-0.4, -0.2) is 82.2 Å². The molecular formula is C24H38F2N4O3S. The Morgan fingerprint density at radius 3 is 2.62 bits per heavy atom. The molecular weight excluding hydrogens is 462 g/mol. The van der Waals surface area contributed by atoms with Gasteiger partial charge in [0.15, 0.2) is 0 Å². The van der Waals surface area contributed by atoms with E-state index in [1.54, 1.807) is 11.8 Å². The molecule has 3 saturated heterocycles. The summed E-state index contributed by atoms with van der Waals surface area (Å²) in [5.41, 5.74) is 0. The molecule has 34 heavy (non-hydrogen) atoms. The lowest BCUT2D eigenvalue weighted by Crippen LogP contribution is -2.73. The number of carbonyl (C=O) groups excluding carboxylic acids is 2. The highest BCUT2D eigenvalue weighted by atomic mass is 32.2. The fourth-order valence-corrected chi connectivity index (χ4v) is 8.71. The van der Waals surface area contributed by atoms with Gasteiger partial charge in [-0.2, -0.15) is 0 Å². The third-order valence-corrected chi connectivity index (χ3v) is 10.4. The Bertz CT molecular complexity index is 791. The van der Waals surface area contributed by atoms with Crippen LogP contribution in [0.3, 0.4) is 0 Å². The zero-order valence-corrected chi connectivity index (χ0v) is 20.8. The summed E-state index contributed by atoms with van der Waals surface area (Å²) in [4.78, 5) is 28.2. The van der Waals surface area contributed by atoms with Gasteiger partial charge in [0.2, 0.25) is 5.91 Å². The summed E-state index contributed by atoms with van der Waals surface area (Å²) < 4.78 is 31.0. The molecule has 192 valence electrons. The number of rotatable bonds is 1. The molecule has 2 saturated carbocycles. The average Bonchev–Trinajstić information content (AvgIpc) is 2.78. The van der Waals surface area contributed by atoms with Gasteiger partial charge in [0.1, 0.15) is 18.6 Å². The summed E-state index contributed by atoms with van der Waals surface area (Å²) in [5, 5.41) is 20.1. The van der Waals surface area contributed by atoms with Gasteiger partial charge in [-0.15, -0.1) is 11.8 Å². The van der Waals surface area contributed by atoms with Gasteiger partial charge in [0, 0.05) is 35.2 Å². The maximum atomic E-state index is 15.7. The van der Waals surface area contributed by atoms with Crippen LogP contribution in [-0.2, 0) is 4.79 Å². The number of nitrogens with zero attached hydrogens (tertiary/aromatic N) is 1. The van der Waals surface area contributed by atoms with Gasteiger partial charge in [-0.25, -0.2) is 13.6 Å². The molecule has 5 aliphatic rings. The van der Waals surface area contributed by atoms with Crippen LogP contribution in [0.15, 0.2) is 0 Å². The lowest BCUT2D eigenvalue weighted by molar-refractivity contribution is -0.122. The lowest BCUT2D eigenvalue weighted by Gasteiger charge is -2.57. The number of aliphatic hydroxyl groups excluding tert-OH is 1. The van der Waals surface area contributed by atoms with Gasteiger partial charge < -0.3 is 26.0 Å². The highest BCUT2D eigenvalue weighted by molar-refractivity contribution is 8.00. The number of amides is 3. The van der Waals surface area contributed by atoms with Crippen molar-refractivity contribution in [3.05, 3.63) is 0 Å². The number of halogens is 2. The monoisotopic (exact) mass is 500 g/mol. The van der Waals surface area contributed by atoms with Gasteiger partial charge in [-0.05, 0) is 56.9 Å². The highest BCUT2D eigenvalue weighted by Gasteiger charge is 2.56. The minimum Gasteiger partial charge on any atom is -0.373 e. The fourth-order valence-electron chi connectivity index (χ4n) is 7.48. The second kappa shape index (κ2) is 9.73. The molecule has 2 aliphatic carbocycles. The van der Waals surface area contributed by atoms with Crippen molar-refractivity contribution >= 4 is 23.7 Å². The number of fused-ring (bicyclic) bond motifs is 5. The summed E-state index contributed by atoms with van der Waals surface area (Å²) in [6, 6.07) is -1.28. The molecule has 11 atom stereocenters. The average molecular weight is 501 g/mol. The number of hydrogen-bond acceptors (Lipinski definition) is 5. The number of nitrogens with one attached hydrogen (secondary N) is 3. The van der Waals surface area contributed by atoms with E-state index in [2.05, 4.69) is 29.8 Å². The molecule has 0 aromatic heterocycles. The van der Waals surface area contributed by atoms with E-state index in [9.17, 15) is 14.7 Å². The second-order valence-corrected chi connectivity index (χ2v) is 12.5. The van der Waals surface area contributed by atoms with Crippen molar-refractivity contribution in [2.45, 2.75) is 100 Å². The predicted octanol–water partition coefficient (Wildman–Crippen LogP) is 2.19. The highest BCUT2D eigenvalue weighted by Crippen LogP contribution is 2.47. The Balaban J connectivity index is 1.57. The molecule has 3 amide bonds. The third-order valence-electron chi connectivity index (χ3n) is 8.98. The number of urea groups is 1. The van der Waals surface area contributed by atoms with Crippen LogP contribution in [0.5, 0.6) is 0 Å². The van der Waals surface area contributed by atoms with E-state index in [0.717, 1.165) is 13.0 Å². The first-order valence-electron chi connectivity index (χ1n) is 13.0. The Morgan fingerprint density at radius 2 is 1.85 bits per heavy atom. The molecule has 3 aliphatic heterocycles. The van der Waals surface area contributed by atoms with Crippen molar-refractivity contribution in [3.8, 4) is 0 Å². The molecule has 5 fully saturated rings. The maximum absolute atomic E-state index is 15.7. The van der Waals surface area contributed by atoms with Gasteiger partial charge in [-0.3, -0.25) is 4.79 Å². The number of piperidine rings is 1. The first kappa shape index (κ1) is 24.6. The number of thioether (sulfide) groups is 1. The molecule has 0 spiro atoms. The molecule has 4 N–H and O–H groups in total. The summed E-state index contributed by atoms with van der Waals surface area (Å²) in [6.45, 7) is 5.03. The van der Waals surface area contributed by atoms with Crippen molar-refractivity contribution in [2.24, 2.45) is 23.7 Å². The van der Waals surface area contributed by atoms with Crippen molar-refractivity contribution in [1.29, 1.82) is 0 Å². The minimum absolute atomic E-state index is 0.0109. The second-order valence-electron chi connectivity index (χ2n) is 11.2. The first-order valence-corrected chi connectivity index (χ1v) is 14.0. The topological polar surface area (TPSA) is 93.7 Å². The summed E-state index contributed by atoms with van der Waals surface area (Å²) in [5.74, 6) is -1.30. The number of carbonyl (C=O) groups is 2. The number of hydrogen-bond donors (Lipinski definition) is 4. The lowest BCUT2D eigenvalue weighted by atomic mass is 9.64. The predicted molar refractivity (Wildman–Crippen MR) is 127 cm³/mol. The summed E-state index contributed by atoms with van der Waals surface area (Å²) in [7, 11) is 0. The largest absolute Gasteiger partial charge is 0.373 e. The molecule has 0 aromatic rings. The molecule has 10 heteroatoms. The van der Waals surface area contributed by atoms with Crippen LogP contribution in [0, 0.1) is 23.7 Å². The van der Waals surface area contributed by atoms with Crippen molar-refractivity contribution < 1.29 is 23.5 Å². The normalized spacial score (nSPS) is 47.5. The van der Waals surface area contributed by atoms with Crippen LogP contribution >= 0.6 is 11.8 Å². The van der Waals surface area contributed by atoms with Crippen LogP contribution in [0.2, 0.25) is 0 Å². The number of aliphatic hydroxyl groups is 1. The molecule has 3 heterocycles. The third kappa shape index (κ3) is 4.32. The Kier molecular flexibility index (Phi) is 7.03. The molecule has 11 unspecified atom stereocenters. The maximum Gasteiger partial charge on any atom is 0.320 e. The van der Waals surface area contributed by atoms with Gasteiger partial charge in [-0.1, -0.05) is 13.8 Å². The zero-order valence-electron chi connectivity index (χ0n) is 20.0. The van der Waals surface area contributed by atoms with E-state index in [4.69, 9.17) is 0 Å². The molecule has 7 nitrogen and oxygen atoms in total. The van der Waals surface area contributed by atoms with E-state index in [-0.39, 0.29) is 59.4 Å². The van der Waals surface area contributed by atoms with E-state index >= 15 is 8.78 Å². The zero-order chi connectivity index (χ0) is 24.1. The van der Waals surface area contributed by atoms with Crippen LogP contribution in [0.25, 0.3) is 0 Å². The number of alkyl halides is 2. The fraction of sp³-hybridized carbons (Fsp3) is 0.917.